The zero-order valence-corrected chi connectivity index (χ0v) is 20.2. The van der Waals surface area contributed by atoms with Gasteiger partial charge < -0.3 is 24.6 Å². The second-order valence-corrected chi connectivity index (χ2v) is 8.20. The van der Waals surface area contributed by atoms with Crippen LogP contribution in [-0.2, 0) is 6.54 Å². The van der Waals surface area contributed by atoms with Gasteiger partial charge in [0.25, 0.3) is 0 Å². The molecule has 0 spiro atoms. The first kappa shape index (κ1) is 23.9. The molecule has 1 saturated heterocycles. The topological polar surface area (TPSA) is 110 Å². The van der Waals surface area contributed by atoms with Crippen molar-refractivity contribution in [1.29, 1.82) is 10.5 Å². The number of halogens is 1. The SMILES string of the molecule is COc1cc2ncnc(N3CCN(C(NCc4ccccc4Cl)=C(C#N)C#N)CC3)c2cc1OC. The number of benzene rings is 2. The molecule has 1 N–H and O–H groups in total. The van der Waals surface area contributed by atoms with Gasteiger partial charge >= 0.3 is 0 Å². The molecule has 1 fully saturated rings. The molecule has 2 aromatic carbocycles. The average molecular weight is 490 g/mol. The second kappa shape index (κ2) is 10.8. The van der Waals surface area contributed by atoms with Crippen LogP contribution in [0.1, 0.15) is 5.56 Å². The van der Waals surface area contributed by atoms with E-state index in [1.165, 1.54) is 6.33 Å². The van der Waals surface area contributed by atoms with Crippen LogP contribution in [0.2, 0.25) is 5.02 Å². The summed E-state index contributed by atoms with van der Waals surface area (Å²) in [6.45, 7) is 2.87. The number of nitrogens with one attached hydrogen (secondary N) is 1. The minimum absolute atomic E-state index is 0.0369. The first-order valence-electron chi connectivity index (χ1n) is 11.0. The summed E-state index contributed by atoms with van der Waals surface area (Å²) in [5.41, 5.74) is 1.68. The lowest BCUT2D eigenvalue weighted by molar-refractivity contribution is 0.297. The fourth-order valence-corrected chi connectivity index (χ4v) is 4.28. The highest BCUT2D eigenvalue weighted by Crippen LogP contribution is 2.35. The molecule has 0 unspecified atom stereocenters. The monoisotopic (exact) mass is 489 g/mol. The van der Waals surface area contributed by atoms with Crippen LogP contribution in [0.25, 0.3) is 10.9 Å². The van der Waals surface area contributed by atoms with Crippen molar-refractivity contribution in [3.05, 3.63) is 64.7 Å². The molecule has 2 heterocycles. The van der Waals surface area contributed by atoms with Crippen molar-refractivity contribution in [1.82, 2.24) is 20.2 Å². The number of anilines is 1. The molecule has 0 radical (unpaired) electrons. The van der Waals surface area contributed by atoms with Gasteiger partial charge in [-0.25, -0.2) is 9.97 Å². The van der Waals surface area contributed by atoms with Gasteiger partial charge in [0.1, 0.15) is 30.1 Å². The van der Waals surface area contributed by atoms with Crippen molar-refractivity contribution in [3.63, 3.8) is 0 Å². The van der Waals surface area contributed by atoms with E-state index in [4.69, 9.17) is 21.1 Å². The highest BCUT2D eigenvalue weighted by Gasteiger charge is 2.24. The summed E-state index contributed by atoms with van der Waals surface area (Å²) in [7, 11) is 3.18. The fraction of sp³-hybridized carbons (Fsp3) is 0.280. The molecule has 10 heteroatoms. The van der Waals surface area contributed by atoms with Crippen molar-refractivity contribution in [2.75, 3.05) is 45.3 Å². The van der Waals surface area contributed by atoms with E-state index < -0.39 is 0 Å². The maximum Gasteiger partial charge on any atom is 0.169 e. The zero-order chi connectivity index (χ0) is 24.8. The summed E-state index contributed by atoms with van der Waals surface area (Å²) in [6.07, 6.45) is 1.54. The Morgan fingerprint density at radius 2 is 1.71 bits per heavy atom. The number of aromatic nitrogens is 2. The van der Waals surface area contributed by atoms with Gasteiger partial charge in [-0.1, -0.05) is 29.8 Å². The summed E-state index contributed by atoms with van der Waals surface area (Å²) >= 11 is 6.28. The number of allylic oxidation sites excluding steroid dienone is 1. The van der Waals surface area contributed by atoms with Gasteiger partial charge in [-0.3, -0.25) is 0 Å². The van der Waals surface area contributed by atoms with Gasteiger partial charge in [0, 0.05) is 49.2 Å². The lowest BCUT2D eigenvalue weighted by atomic mass is 10.1. The van der Waals surface area contributed by atoms with Crippen molar-refractivity contribution in [2.45, 2.75) is 6.54 Å². The predicted octanol–water partition coefficient (Wildman–Crippen LogP) is 3.47. The number of piperazine rings is 1. The van der Waals surface area contributed by atoms with E-state index in [2.05, 4.69) is 20.2 Å². The molecule has 3 aromatic rings. The standard InChI is InChI=1S/C25H24ClN7O2/c1-34-22-11-19-21(12-23(22)35-2)30-16-31-25(19)33-9-7-32(8-10-33)24(18(13-27)14-28)29-15-17-5-3-4-6-20(17)26/h3-6,11-12,16,29H,7-10,15H2,1-2H3. The molecule has 35 heavy (non-hydrogen) atoms. The van der Waals surface area contributed by atoms with E-state index in [9.17, 15) is 10.5 Å². The number of fused-ring (bicyclic) bond motifs is 1. The van der Waals surface area contributed by atoms with Gasteiger partial charge in [0.2, 0.25) is 0 Å². The number of rotatable bonds is 7. The first-order valence-corrected chi connectivity index (χ1v) is 11.4. The molecular formula is C25H24ClN7O2. The summed E-state index contributed by atoms with van der Waals surface area (Å²) in [4.78, 5) is 13.1. The average Bonchev–Trinajstić information content (AvgIpc) is 2.91. The highest BCUT2D eigenvalue weighted by atomic mass is 35.5. The molecule has 1 aliphatic heterocycles. The highest BCUT2D eigenvalue weighted by molar-refractivity contribution is 6.31. The van der Waals surface area contributed by atoms with Crippen LogP contribution in [0, 0.1) is 22.7 Å². The molecule has 0 saturated carbocycles. The van der Waals surface area contributed by atoms with Gasteiger partial charge in [-0.15, -0.1) is 0 Å². The normalized spacial score (nSPS) is 13.1. The van der Waals surface area contributed by atoms with E-state index >= 15 is 0 Å². The third-order valence-electron chi connectivity index (χ3n) is 5.88. The molecule has 4 rings (SSSR count). The van der Waals surface area contributed by atoms with Crippen LogP contribution in [0.4, 0.5) is 5.82 Å². The third kappa shape index (κ3) is 5.01. The maximum absolute atomic E-state index is 9.55. The third-order valence-corrected chi connectivity index (χ3v) is 6.25. The van der Waals surface area contributed by atoms with E-state index in [1.54, 1.807) is 14.2 Å². The minimum Gasteiger partial charge on any atom is -0.493 e. The van der Waals surface area contributed by atoms with E-state index in [-0.39, 0.29) is 5.57 Å². The van der Waals surface area contributed by atoms with Gasteiger partial charge in [-0.2, -0.15) is 10.5 Å². The van der Waals surface area contributed by atoms with Gasteiger partial charge in [0.05, 0.1) is 19.7 Å². The summed E-state index contributed by atoms with van der Waals surface area (Å²) in [5.74, 6) is 2.52. The quantitative estimate of drug-likeness (QED) is 0.498. The van der Waals surface area contributed by atoms with Crippen LogP contribution in [0.3, 0.4) is 0 Å². The van der Waals surface area contributed by atoms with E-state index in [0.717, 1.165) is 22.3 Å². The molecule has 0 bridgehead atoms. The number of hydrogen-bond acceptors (Lipinski definition) is 9. The Hall–Kier alpha value is -4.21. The number of hydrogen-bond donors (Lipinski definition) is 1. The number of nitriles is 2. The van der Waals surface area contributed by atoms with E-state index in [1.807, 2.05) is 53.4 Å². The Balaban J connectivity index is 1.55. The van der Waals surface area contributed by atoms with Crippen LogP contribution in [-0.4, -0.2) is 55.3 Å². The van der Waals surface area contributed by atoms with Gasteiger partial charge in [0.15, 0.2) is 17.1 Å². The summed E-state index contributed by atoms with van der Waals surface area (Å²) in [6, 6.07) is 15.2. The summed E-state index contributed by atoms with van der Waals surface area (Å²) < 4.78 is 10.9. The Labute approximate surface area is 208 Å². The molecule has 178 valence electrons. The number of ether oxygens (including phenoxy) is 2. The molecule has 9 nitrogen and oxygen atoms in total. The minimum atomic E-state index is 0.0369. The van der Waals surface area contributed by atoms with Crippen molar-refractivity contribution >= 4 is 28.3 Å². The Morgan fingerprint density at radius 1 is 1.03 bits per heavy atom. The van der Waals surface area contributed by atoms with Crippen molar-refractivity contribution in [2.24, 2.45) is 0 Å². The lowest BCUT2D eigenvalue weighted by Gasteiger charge is -2.38. The number of nitrogens with zero attached hydrogens (tertiary/aromatic N) is 6. The van der Waals surface area contributed by atoms with Crippen LogP contribution in [0.15, 0.2) is 54.1 Å². The summed E-state index contributed by atoms with van der Waals surface area (Å²) in [5, 5.41) is 23.8. The van der Waals surface area contributed by atoms with Crippen LogP contribution >= 0.6 is 11.6 Å². The van der Waals surface area contributed by atoms with Crippen LogP contribution < -0.4 is 19.7 Å². The maximum atomic E-state index is 9.55. The Bertz CT molecular complexity index is 1320. The molecule has 1 aromatic heterocycles. The zero-order valence-electron chi connectivity index (χ0n) is 19.5. The molecule has 1 aliphatic rings. The molecule has 0 atom stereocenters. The number of methoxy groups -OCH3 is 2. The van der Waals surface area contributed by atoms with Crippen molar-refractivity contribution < 1.29 is 9.47 Å². The smallest absolute Gasteiger partial charge is 0.169 e. The fourth-order valence-electron chi connectivity index (χ4n) is 4.07. The molecule has 0 aliphatic carbocycles. The van der Waals surface area contributed by atoms with E-state index in [0.29, 0.717) is 55.1 Å². The molecule has 0 amide bonds. The lowest BCUT2D eigenvalue weighted by Crippen LogP contribution is -2.48. The Kier molecular flexibility index (Phi) is 7.39. The van der Waals surface area contributed by atoms with Crippen LogP contribution in [0.5, 0.6) is 11.5 Å². The van der Waals surface area contributed by atoms with Crippen molar-refractivity contribution in [3.8, 4) is 23.6 Å². The predicted molar refractivity (Wildman–Crippen MR) is 133 cm³/mol. The first-order chi connectivity index (χ1) is 17.1. The van der Waals surface area contributed by atoms with Gasteiger partial charge in [-0.05, 0) is 17.7 Å². The largest absolute Gasteiger partial charge is 0.493 e. The Morgan fingerprint density at radius 3 is 2.37 bits per heavy atom. The second-order valence-electron chi connectivity index (χ2n) is 7.79. The molecular weight excluding hydrogens is 466 g/mol.